The Bertz CT molecular complexity index is 1160. The Balaban J connectivity index is 1.63. The number of hydrogen-bond donors (Lipinski definition) is 3. The molecule has 2 aromatic heterocycles. The van der Waals surface area contributed by atoms with E-state index in [4.69, 9.17) is 28.9 Å². The van der Waals surface area contributed by atoms with Crippen molar-refractivity contribution < 1.29 is 9.59 Å². The Kier molecular flexibility index (Phi) is 5.84. The first-order chi connectivity index (χ1) is 14.8. The minimum atomic E-state index is -0.530. The molecule has 1 aromatic carbocycles. The number of nitrogens with two attached hydrogens (primary N) is 1. The van der Waals surface area contributed by atoms with Gasteiger partial charge in [0.1, 0.15) is 11.5 Å². The minimum Gasteiger partial charge on any atom is -0.382 e. The number of nitrogen functional groups attached to an aromatic ring is 1. The zero-order valence-corrected chi connectivity index (χ0v) is 18.1. The van der Waals surface area contributed by atoms with Gasteiger partial charge in [0.05, 0.1) is 16.3 Å². The van der Waals surface area contributed by atoms with Crippen LogP contribution in [0.5, 0.6) is 0 Å². The highest BCUT2D eigenvalue weighted by Gasteiger charge is 2.30. The number of pyridine rings is 1. The van der Waals surface area contributed by atoms with Gasteiger partial charge in [0.2, 0.25) is 0 Å². The fraction of sp³-hybridized carbons (Fsp3) is 0.238. The second kappa shape index (κ2) is 8.56. The molecule has 0 saturated heterocycles. The summed E-state index contributed by atoms with van der Waals surface area (Å²) in [5.74, 6) is 0.0368. The van der Waals surface area contributed by atoms with Crippen LogP contribution in [-0.2, 0) is 0 Å². The van der Waals surface area contributed by atoms with Crippen molar-refractivity contribution >= 4 is 46.5 Å². The van der Waals surface area contributed by atoms with E-state index in [2.05, 4.69) is 20.7 Å². The summed E-state index contributed by atoms with van der Waals surface area (Å²) in [6.07, 6.45) is 3.73. The molecule has 4 N–H and O–H groups in total. The number of rotatable bonds is 6. The number of amides is 2. The Morgan fingerprint density at radius 3 is 2.68 bits per heavy atom. The van der Waals surface area contributed by atoms with E-state index in [9.17, 15) is 9.59 Å². The number of hydrogen-bond acceptors (Lipinski definition) is 5. The average molecular weight is 459 g/mol. The maximum Gasteiger partial charge on any atom is 0.274 e. The van der Waals surface area contributed by atoms with E-state index in [1.54, 1.807) is 24.3 Å². The maximum atomic E-state index is 13.1. The lowest BCUT2D eigenvalue weighted by atomic mass is 10.1. The molecule has 1 unspecified atom stereocenters. The SMILES string of the molecule is CC(NC(=O)c1cc(Cl)ccc1NC(=O)c1cc(N)nn1-c1ncccc1Cl)C1CC1. The third-order valence-corrected chi connectivity index (χ3v) is 5.59. The molecule has 1 fully saturated rings. The molecule has 4 rings (SSSR count). The van der Waals surface area contributed by atoms with Gasteiger partial charge in [-0.15, -0.1) is 5.10 Å². The molecule has 10 heteroatoms. The van der Waals surface area contributed by atoms with Gasteiger partial charge in [0.25, 0.3) is 11.8 Å². The van der Waals surface area contributed by atoms with Gasteiger partial charge in [-0.25, -0.2) is 9.67 Å². The number of benzene rings is 1. The largest absolute Gasteiger partial charge is 0.382 e. The van der Waals surface area contributed by atoms with Gasteiger partial charge >= 0.3 is 0 Å². The van der Waals surface area contributed by atoms with Crippen LogP contribution in [0.2, 0.25) is 10.0 Å². The summed E-state index contributed by atoms with van der Waals surface area (Å²) in [6.45, 7) is 1.97. The van der Waals surface area contributed by atoms with Crippen molar-refractivity contribution in [2.75, 3.05) is 11.1 Å². The van der Waals surface area contributed by atoms with Gasteiger partial charge in [-0.3, -0.25) is 9.59 Å². The number of halogens is 2. The van der Waals surface area contributed by atoms with Gasteiger partial charge in [-0.1, -0.05) is 23.2 Å². The summed E-state index contributed by atoms with van der Waals surface area (Å²) in [7, 11) is 0. The van der Waals surface area contributed by atoms with E-state index < -0.39 is 5.91 Å². The standard InChI is InChI=1S/C21H20Cl2N6O2/c1-11(12-4-5-12)26-20(30)14-9-13(22)6-7-16(14)27-21(31)17-10-18(24)28-29(17)19-15(23)3-2-8-25-19/h2-3,6-12H,4-5H2,1H3,(H2,24,28)(H,26,30)(H,27,31). The Labute approximate surface area is 188 Å². The highest BCUT2D eigenvalue weighted by atomic mass is 35.5. The number of nitrogens with zero attached hydrogens (tertiary/aromatic N) is 3. The first kappa shape index (κ1) is 21.1. The molecular formula is C21H20Cl2N6O2. The third kappa shape index (κ3) is 4.65. The van der Waals surface area contributed by atoms with Crippen LogP contribution < -0.4 is 16.4 Å². The molecular weight excluding hydrogens is 439 g/mol. The monoisotopic (exact) mass is 458 g/mol. The fourth-order valence-electron chi connectivity index (χ4n) is 3.25. The number of aromatic nitrogens is 3. The van der Waals surface area contributed by atoms with Gasteiger partial charge in [0, 0.05) is 23.3 Å². The molecule has 1 saturated carbocycles. The average Bonchev–Trinajstić information content (AvgIpc) is 3.51. The Morgan fingerprint density at radius 2 is 1.97 bits per heavy atom. The van der Waals surface area contributed by atoms with Crippen LogP contribution in [0.25, 0.3) is 5.82 Å². The van der Waals surface area contributed by atoms with Crippen molar-refractivity contribution in [2.45, 2.75) is 25.8 Å². The fourth-order valence-corrected chi connectivity index (χ4v) is 3.63. The smallest absolute Gasteiger partial charge is 0.274 e. The number of anilines is 2. The van der Waals surface area contributed by atoms with E-state index in [1.807, 2.05) is 6.92 Å². The molecule has 2 heterocycles. The zero-order valence-electron chi connectivity index (χ0n) is 16.6. The lowest BCUT2D eigenvalue weighted by molar-refractivity contribution is 0.0936. The summed E-state index contributed by atoms with van der Waals surface area (Å²) in [6, 6.07) is 9.45. The normalized spacial score (nSPS) is 14.2. The van der Waals surface area contributed by atoms with Gasteiger partial charge < -0.3 is 16.4 Å². The van der Waals surface area contributed by atoms with Crippen LogP contribution in [0.4, 0.5) is 11.5 Å². The van der Waals surface area contributed by atoms with Gasteiger partial charge in [-0.05, 0) is 56.0 Å². The number of nitrogens with one attached hydrogen (secondary N) is 2. The highest BCUT2D eigenvalue weighted by Crippen LogP contribution is 2.33. The Morgan fingerprint density at radius 1 is 1.19 bits per heavy atom. The molecule has 1 aliphatic carbocycles. The maximum absolute atomic E-state index is 13.1. The molecule has 0 radical (unpaired) electrons. The minimum absolute atomic E-state index is 0.0440. The van der Waals surface area contributed by atoms with Crippen molar-refractivity contribution in [1.82, 2.24) is 20.1 Å². The van der Waals surface area contributed by atoms with Crippen LogP contribution >= 0.6 is 23.2 Å². The van der Waals surface area contributed by atoms with E-state index >= 15 is 0 Å². The molecule has 3 aromatic rings. The van der Waals surface area contributed by atoms with Crippen LogP contribution in [0.15, 0.2) is 42.6 Å². The number of carbonyl (C=O) groups excluding carboxylic acids is 2. The summed E-state index contributed by atoms with van der Waals surface area (Å²) in [4.78, 5) is 30.1. The second-order valence-electron chi connectivity index (χ2n) is 7.42. The van der Waals surface area contributed by atoms with Crippen molar-refractivity contribution in [3.63, 3.8) is 0 Å². The van der Waals surface area contributed by atoms with Crippen LogP contribution in [0.1, 0.15) is 40.6 Å². The molecule has 160 valence electrons. The summed E-state index contributed by atoms with van der Waals surface area (Å²) >= 11 is 12.3. The molecule has 0 bridgehead atoms. The predicted octanol–water partition coefficient (Wildman–Crippen LogP) is 3.94. The summed E-state index contributed by atoms with van der Waals surface area (Å²) in [5.41, 5.74) is 6.52. The van der Waals surface area contributed by atoms with E-state index in [-0.39, 0.29) is 34.8 Å². The molecule has 1 aliphatic rings. The molecule has 1 atom stereocenters. The van der Waals surface area contributed by atoms with Crippen LogP contribution in [0.3, 0.4) is 0 Å². The molecule has 31 heavy (non-hydrogen) atoms. The molecule has 0 spiro atoms. The lowest BCUT2D eigenvalue weighted by Gasteiger charge is -2.16. The van der Waals surface area contributed by atoms with Gasteiger partial charge in [0.15, 0.2) is 5.82 Å². The second-order valence-corrected chi connectivity index (χ2v) is 8.26. The Hall–Kier alpha value is -3.10. The zero-order chi connectivity index (χ0) is 22.1. The quantitative estimate of drug-likeness (QED) is 0.517. The summed E-state index contributed by atoms with van der Waals surface area (Å²) < 4.78 is 1.26. The molecule has 2 amide bonds. The van der Waals surface area contributed by atoms with Crippen LogP contribution in [0, 0.1) is 5.92 Å². The van der Waals surface area contributed by atoms with E-state index in [0.717, 1.165) is 12.8 Å². The van der Waals surface area contributed by atoms with E-state index in [0.29, 0.717) is 21.7 Å². The van der Waals surface area contributed by atoms with Crippen molar-refractivity contribution in [2.24, 2.45) is 5.92 Å². The first-order valence-electron chi connectivity index (χ1n) is 9.71. The van der Waals surface area contributed by atoms with Crippen molar-refractivity contribution in [1.29, 1.82) is 0 Å². The predicted molar refractivity (Wildman–Crippen MR) is 120 cm³/mol. The third-order valence-electron chi connectivity index (χ3n) is 5.06. The van der Waals surface area contributed by atoms with E-state index in [1.165, 1.54) is 23.0 Å². The topological polar surface area (TPSA) is 115 Å². The van der Waals surface area contributed by atoms with Crippen LogP contribution in [-0.4, -0.2) is 32.6 Å². The van der Waals surface area contributed by atoms with Gasteiger partial charge in [-0.2, -0.15) is 0 Å². The number of carbonyl (C=O) groups is 2. The summed E-state index contributed by atoms with van der Waals surface area (Å²) in [5, 5.41) is 10.5. The molecule has 8 nitrogen and oxygen atoms in total. The first-order valence-corrected chi connectivity index (χ1v) is 10.5. The molecule has 0 aliphatic heterocycles. The van der Waals surface area contributed by atoms with Crippen molar-refractivity contribution in [3.8, 4) is 5.82 Å². The lowest BCUT2D eigenvalue weighted by Crippen LogP contribution is -2.34. The highest BCUT2D eigenvalue weighted by molar-refractivity contribution is 6.32. The van der Waals surface area contributed by atoms with Crippen molar-refractivity contribution in [3.05, 3.63) is 63.9 Å².